The molecule has 0 bridgehead atoms. The summed E-state index contributed by atoms with van der Waals surface area (Å²) in [6.07, 6.45) is 1.78. The van der Waals surface area contributed by atoms with E-state index in [0.717, 1.165) is 34.6 Å². The average Bonchev–Trinajstić information content (AvgIpc) is 3.15. The molecule has 0 aliphatic carbocycles. The van der Waals surface area contributed by atoms with Gasteiger partial charge in [-0.15, -0.1) is 0 Å². The Morgan fingerprint density at radius 1 is 0.867 bits per heavy atom. The van der Waals surface area contributed by atoms with Gasteiger partial charge in [-0.2, -0.15) is 0 Å². The first-order chi connectivity index (χ1) is 14.4. The number of imide groups is 1. The van der Waals surface area contributed by atoms with E-state index >= 15 is 0 Å². The number of urea groups is 1. The monoisotopic (exact) mass is 399 g/mol. The number of benzene rings is 2. The van der Waals surface area contributed by atoms with Gasteiger partial charge in [0.15, 0.2) is 0 Å². The van der Waals surface area contributed by atoms with Gasteiger partial charge in [-0.3, -0.25) is 9.69 Å². The molecule has 2 heterocycles. The standard InChI is InChI=1S/C25H25N3O2/c1-17-9-11-21(12-10-17)16-28-24(29)23(26-25(28)30)14-22-13-18(2)27(19(22)3)15-20-7-5-4-6-8-20/h4-14H,15-16H2,1-3H3,(H,26,30)/b23-14+. The first-order valence-corrected chi connectivity index (χ1v) is 10.0. The predicted octanol–water partition coefficient (Wildman–Crippen LogP) is 4.55. The van der Waals surface area contributed by atoms with Crippen LogP contribution in [0.5, 0.6) is 0 Å². The summed E-state index contributed by atoms with van der Waals surface area (Å²) < 4.78 is 2.22. The number of carbonyl (C=O) groups is 2. The molecule has 1 fully saturated rings. The third-order valence-electron chi connectivity index (χ3n) is 5.52. The highest BCUT2D eigenvalue weighted by Gasteiger charge is 2.33. The van der Waals surface area contributed by atoms with E-state index in [1.54, 1.807) is 6.08 Å². The molecule has 0 saturated carbocycles. The molecule has 1 N–H and O–H groups in total. The van der Waals surface area contributed by atoms with Crippen LogP contribution in [-0.2, 0) is 17.9 Å². The van der Waals surface area contributed by atoms with Crippen LogP contribution in [0.15, 0.2) is 66.4 Å². The Bertz CT molecular complexity index is 1130. The Hall–Kier alpha value is -3.60. The number of aryl methyl sites for hydroxylation is 2. The van der Waals surface area contributed by atoms with Crippen molar-refractivity contribution in [3.63, 3.8) is 0 Å². The maximum absolute atomic E-state index is 12.9. The van der Waals surface area contributed by atoms with Crippen molar-refractivity contribution >= 4 is 18.0 Å². The van der Waals surface area contributed by atoms with Crippen LogP contribution < -0.4 is 5.32 Å². The molecule has 2 aromatic carbocycles. The van der Waals surface area contributed by atoms with E-state index in [0.29, 0.717) is 5.70 Å². The van der Waals surface area contributed by atoms with E-state index in [9.17, 15) is 9.59 Å². The molecule has 30 heavy (non-hydrogen) atoms. The van der Waals surface area contributed by atoms with Crippen molar-refractivity contribution < 1.29 is 9.59 Å². The third-order valence-corrected chi connectivity index (χ3v) is 5.52. The van der Waals surface area contributed by atoms with E-state index in [-0.39, 0.29) is 18.5 Å². The van der Waals surface area contributed by atoms with Gasteiger partial charge in [0.2, 0.25) is 0 Å². The van der Waals surface area contributed by atoms with Crippen molar-refractivity contribution in [1.29, 1.82) is 0 Å². The largest absolute Gasteiger partial charge is 0.344 e. The van der Waals surface area contributed by atoms with Crippen LogP contribution in [0.2, 0.25) is 0 Å². The van der Waals surface area contributed by atoms with Gasteiger partial charge in [0.05, 0.1) is 6.54 Å². The van der Waals surface area contributed by atoms with Crippen molar-refractivity contribution in [2.24, 2.45) is 0 Å². The fourth-order valence-corrected chi connectivity index (χ4v) is 3.73. The summed E-state index contributed by atoms with van der Waals surface area (Å²) in [5, 5.41) is 2.73. The molecule has 0 atom stereocenters. The number of rotatable bonds is 5. The van der Waals surface area contributed by atoms with Gasteiger partial charge in [0.25, 0.3) is 5.91 Å². The highest BCUT2D eigenvalue weighted by Crippen LogP contribution is 2.22. The Balaban J connectivity index is 1.56. The SMILES string of the molecule is Cc1ccc(CN2C(=O)N/C(=C/c3cc(C)n(Cc4ccccc4)c3C)C2=O)cc1. The zero-order valence-corrected chi connectivity index (χ0v) is 17.5. The molecular weight excluding hydrogens is 374 g/mol. The summed E-state index contributed by atoms with van der Waals surface area (Å²) in [7, 11) is 0. The lowest BCUT2D eigenvalue weighted by Crippen LogP contribution is -2.30. The van der Waals surface area contributed by atoms with Gasteiger partial charge in [0.1, 0.15) is 5.70 Å². The Kier molecular flexibility index (Phi) is 5.27. The van der Waals surface area contributed by atoms with E-state index in [1.807, 2.05) is 62.4 Å². The van der Waals surface area contributed by atoms with Gasteiger partial charge in [-0.25, -0.2) is 4.79 Å². The lowest BCUT2D eigenvalue weighted by molar-refractivity contribution is -0.123. The molecule has 0 unspecified atom stereocenters. The zero-order valence-electron chi connectivity index (χ0n) is 17.5. The molecule has 1 aliphatic rings. The minimum Gasteiger partial charge on any atom is -0.344 e. The highest BCUT2D eigenvalue weighted by atomic mass is 16.2. The van der Waals surface area contributed by atoms with Crippen LogP contribution in [0, 0.1) is 20.8 Å². The maximum atomic E-state index is 12.9. The van der Waals surface area contributed by atoms with Gasteiger partial charge in [-0.05, 0) is 49.6 Å². The van der Waals surface area contributed by atoms with Crippen LogP contribution in [0.3, 0.4) is 0 Å². The van der Waals surface area contributed by atoms with Gasteiger partial charge >= 0.3 is 6.03 Å². The molecule has 1 saturated heterocycles. The summed E-state index contributed by atoms with van der Waals surface area (Å²) in [5.74, 6) is -0.298. The van der Waals surface area contributed by atoms with Gasteiger partial charge < -0.3 is 9.88 Å². The van der Waals surface area contributed by atoms with Gasteiger partial charge in [-0.1, -0.05) is 60.2 Å². The van der Waals surface area contributed by atoms with Crippen LogP contribution in [0.4, 0.5) is 4.79 Å². The van der Waals surface area contributed by atoms with Crippen molar-refractivity contribution in [2.75, 3.05) is 0 Å². The number of aromatic nitrogens is 1. The molecule has 1 aromatic heterocycles. The second-order valence-electron chi connectivity index (χ2n) is 7.76. The fourth-order valence-electron chi connectivity index (χ4n) is 3.73. The van der Waals surface area contributed by atoms with Crippen LogP contribution in [0.1, 0.15) is 33.6 Å². The van der Waals surface area contributed by atoms with Crippen molar-refractivity contribution in [1.82, 2.24) is 14.8 Å². The lowest BCUT2D eigenvalue weighted by Gasteiger charge is -2.11. The van der Waals surface area contributed by atoms with Crippen molar-refractivity contribution in [3.8, 4) is 0 Å². The predicted molar refractivity (Wildman–Crippen MR) is 118 cm³/mol. The number of hydrogen-bond donors (Lipinski definition) is 1. The van der Waals surface area contributed by atoms with Crippen molar-refractivity contribution in [2.45, 2.75) is 33.9 Å². The first kappa shape index (κ1) is 19.7. The molecule has 3 aromatic rings. The zero-order chi connectivity index (χ0) is 21.3. The molecule has 4 rings (SSSR count). The second kappa shape index (κ2) is 8.03. The summed E-state index contributed by atoms with van der Waals surface area (Å²) >= 11 is 0. The van der Waals surface area contributed by atoms with Crippen molar-refractivity contribution in [3.05, 3.63) is 100 Å². The van der Waals surface area contributed by atoms with Crippen LogP contribution in [0.25, 0.3) is 6.08 Å². The fraction of sp³-hybridized carbons (Fsp3) is 0.200. The molecule has 0 radical (unpaired) electrons. The number of nitrogens with one attached hydrogen (secondary N) is 1. The molecule has 0 spiro atoms. The highest BCUT2D eigenvalue weighted by molar-refractivity contribution is 6.13. The molecule has 5 heteroatoms. The molecule has 3 amide bonds. The second-order valence-corrected chi connectivity index (χ2v) is 7.76. The third kappa shape index (κ3) is 3.92. The molecule has 152 valence electrons. The quantitative estimate of drug-likeness (QED) is 0.505. The van der Waals surface area contributed by atoms with Gasteiger partial charge in [0, 0.05) is 17.9 Å². The average molecular weight is 399 g/mol. The molecule has 1 aliphatic heterocycles. The van der Waals surface area contributed by atoms with Crippen LogP contribution >= 0.6 is 0 Å². The van der Waals surface area contributed by atoms with E-state index in [2.05, 4.69) is 28.9 Å². The number of carbonyl (C=O) groups excluding carboxylic acids is 2. The number of hydrogen-bond acceptors (Lipinski definition) is 2. The molecular formula is C25H25N3O2. The minimum atomic E-state index is -0.384. The maximum Gasteiger partial charge on any atom is 0.329 e. The Morgan fingerprint density at radius 2 is 1.53 bits per heavy atom. The lowest BCUT2D eigenvalue weighted by atomic mass is 10.1. The summed E-state index contributed by atoms with van der Waals surface area (Å²) in [6, 6.07) is 19.8. The summed E-state index contributed by atoms with van der Waals surface area (Å²) in [4.78, 5) is 26.5. The Morgan fingerprint density at radius 3 is 2.23 bits per heavy atom. The minimum absolute atomic E-state index is 0.259. The normalized spacial score (nSPS) is 15.2. The molecule has 5 nitrogen and oxygen atoms in total. The van der Waals surface area contributed by atoms with E-state index < -0.39 is 0 Å². The van der Waals surface area contributed by atoms with Crippen LogP contribution in [-0.4, -0.2) is 21.4 Å². The number of nitrogens with zero attached hydrogens (tertiary/aromatic N) is 2. The number of amides is 3. The summed E-state index contributed by atoms with van der Waals surface area (Å²) in [5.41, 5.74) is 6.69. The van der Waals surface area contributed by atoms with E-state index in [1.165, 1.54) is 10.5 Å². The smallest absolute Gasteiger partial charge is 0.329 e. The van der Waals surface area contributed by atoms with E-state index in [4.69, 9.17) is 0 Å². The first-order valence-electron chi connectivity index (χ1n) is 10.0. The topological polar surface area (TPSA) is 54.3 Å². The Labute approximate surface area is 176 Å². The summed E-state index contributed by atoms with van der Waals surface area (Å²) in [6.45, 7) is 7.12.